The standard InChI is InChI=1S/C13H25N3O4/c1-5-9(8-11(18)19)15-12(20)14-7-6-10(17)16-13(2,3)4/h9H,5-8H2,1-4H3,(H,16,17)(H,18,19)(H2,14,15,20). The van der Waals surface area contributed by atoms with Crippen molar-refractivity contribution in [1.29, 1.82) is 0 Å². The summed E-state index contributed by atoms with van der Waals surface area (Å²) in [5.74, 6) is -1.10. The number of amides is 3. The van der Waals surface area contributed by atoms with E-state index in [0.717, 1.165) is 0 Å². The molecule has 0 saturated heterocycles. The van der Waals surface area contributed by atoms with Gasteiger partial charge in [0.15, 0.2) is 0 Å². The summed E-state index contributed by atoms with van der Waals surface area (Å²) in [4.78, 5) is 33.6. The van der Waals surface area contributed by atoms with Crippen molar-refractivity contribution in [1.82, 2.24) is 16.0 Å². The smallest absolute Gasteiger partial charge is 0.315 e. The molecule has 0 fully saturated rings. The number of rotatable bonds is 7. The maximum absolute atomic E-state index is 11.5. The van der Waals surface area contributed by atoms with Crippen LogP contribution in [0.4, 0.5) is 4.79 Å². The first-order chi connectivity index (χ1) is 9.14. The molecule has 4 N–H and O–H groups in total. The van der Waals surface area contributed by atoms with Crippen molar-refractivity contribution in [3.63, 3.8) is 0 Å². The first kappa shape index (κ1) is 18.2. The van der Waals surface area contributed by atoms with Gasteiger partial charge in [-0.15, -0.1) is 0 Å². The van der Waals surface area contributed by atoms with Crippen molar-refractivity contribution in [2.45, 2.75) is 58.5 Å². The molecule has 3 amide bonds. The summed E-state index contributed by atoms with van der Waals surface area (Å²) in [7, 11) is 0. The average Bonchev–Trinajstić information content (AvgIpc) is 2.24. The molecule has 0 aliphatic rings. The minimum Gasteiger partial charge on any atom is -0.481 e. The molecule has 116 valence electrons. The van der Waals surface area contributed by atoms with Gasteiger partial charge >= 0.3 is 12.0 Å². The molecule has 0 aliphatic heterocycles. The topological polar surface area (TPSA) is 108 Å². The van der Waals surface area contributed by atoms with Gasteiger partial charge in [0.05, 0.1) is 6.42 Å². The number of nitrogens with one attached hydrogen (secondary N) is 3. The third-order valence-electron chi connectivity index (χ3n) is 2.40. The number of hydrogen-bond donors (Lipinski definition) is 4. The van der Waals surface area contributed by atoms with Crippen molar-refractivity contribution in [3.05, 3.63) is 0 Å². The highest BCUT2D eigenvalue weighted by atomic mass is 16.4. The molecular formula is C13H25N3O4. The summed E-state index contributed by atoms with van der Waals surface area (Å²) < 4.78 is 0. The molecule has 0 heterocycles. The second-order valence-corrected chi connectivity index (χ2v) is 5.65. The lowest BCUT2D eigenvalue weighted by molar-refractivity contribution is -0.137. The first-order valence-electron chi connectivity index (χ1n) is 6.71. The summed E-state index contributed by atoms with van der Waals surface area (Å²) in [5.41, 5.74) is -0.297. The fourth-order valence-electron chi connectivity index (χ4n) is 1.51. The molecule has 0 aromatic carbocycles. The Hall–Kier alpha value is -1.79. The summed E-state index contributed by atoms with van der Waals surface area (Å²) >= 11 is 0. The van der Waals surface area contributed by atoms with Crippen LogP contribution in [-0.2, 0) is 9.59 Å². The number of aliphatic carboxylic acids is 1. The average molecular weight is 287 g/mol. The van der Waals surface area contributed by atoms with Crippen LogP contribution in [0, 0.1) is 0 Å². The van der Waals surface area contributed by atoms with Gasteiger partial charge in [-0.05, 0) is 27.2 Å². The van der Waals surface area contributed by atoms with Gasteiger partial charge in [0, 0.05) is 24.5 Å². The lowest BCUT2D eigenvalue weighted by atomic mass is 10.1. The molecule has 0 radical (unpaired) electrons. The van der Waals surface area contributed by atoms with Gasteiger partial charge in [0.25, 0.3) is 0 Å². The van der Waals surface area contributed by atoms with Crippen LogP contribution in [0.25, 0.3) is 0 Å². The minimum absolute atomic E-state index is 0.117. The quantitative estimate of drug-likeness (QED) is 0.556. The number of urea groups is 1. The zero-order valence-electron chi connectivity index (χ0n) is 12.6. The molecule has 7 nitrogen and oxygen atoms in total. The Labute approximate surface area is 119 Å². The molecule has 0 spiro atoms. The molecule has 0 rings (SSSR count). The maximum Gasteiger partial charge on any atom is 0.315 e. The fourth-order valence-corrected chi connectivity index (χ4v) is 1.51. The van der Waals surface area contributed by atoms with Crippen LogP contribution in [0.3, 0.4) is 0 Å². The van der Waals surface area contributed by atoms with Crippen molar-refractivity contribution in [2.24, 2.45) is 0 Å². The molecule has 0 aromatic rings. The molecule has 1 unspecified atom stereocenters. The number of carbonyl (C=O) groups is 3. The van der Waals surface area contributed by atoms with Crippen LogP contribution in [-0.4, -0.2) is 41.1 Å². The highest BCUT2D eigenvalue weighted by Crippen LogP contribution is 1.99. The molecule has 7 heteroatoms. The zero-order chi connectivity index (χ0) is 15.8. The van der Waals surface area contributed by atoms with Crippen LogP contribution in [0.1, 0.15) is 47.0 Å². The summed E-state index contributed by atoms with van der Waals surface area (Å²) in [5, 5.41) is 16.5. The van der Waals surface area contributed by atoms with Gasteiger partial charge in [0.2, 0.25) is 5.91 Å². The number of carboxylic acids is 1. The van der Waals surface area contributed by atoms with E-state index in [1.165, 1.54) is 0 Å². The van der Waals surface area contributed by atoms with E-state index in [-0.39, 0.29) is 30.8 Å². The predicted octanol–water partition coefficient (Wildman–Crippen LogP) is 0.844. The van der Waals surface area contributed by atoms with E-state index in [1.807, 2.05) is 20.8 Å². The number of hydrogen-bond acceptors (Lipinski definition) is 3. The SMILES string of the molecule is CCC(CC(=O)O)NC(=O)NCCC(=O)NC(C)(C)C. The Kier molecular flexibility index (Phi) is 7.64. The Morgan fingerprint density at radius 3 is 2.25 bits per heavy atom. The largest absolute Gasteiger partial charge is 0.481 e. The monoisotopic (exact) mass is 287 g/mol. The summed E-state index contributed by atoms with van der Waals surface area (Å²) in [6.45, 7) is 7.64. The highest BCUT2D eigenvalue weighted by molar-refractivity contribution is 5.79. The Morgan fingerprint density at radius 2 is 1.80 bits per heavy atom. The second kappa shape index (κ2) is 8.39. The van der Waals surface area contributed by atoms with Gasteiger partial charge in [-0.25, -0.2) is 4.79 Å². The Balaban J connectivity index is 3.93. The van der Waals surface area contributed by atoms with Gasteiger partial charge in [-0.2, -0.15) is 0 Å². The summed E-state index contributed by atoms with van der Waals surface area (Å²) in [6.07, 6.45) is 0.596. The molecule has 0 saturated carbocycles. The maximum atomic E-state index is 11.5. The van der Waals surface area contributed by atoms with Crippen molar-refractivity contribution in [3.8, 4) is 0 Å². The van der Waals surface area contributed by atoms with E-state index >= 15 is 0 Å². The fraction of sp³-hybridized carbons (Fsp3) is 0.769. The molecule has 0 aliphatic carbocycles. The second-order valence-electron chi connectivity index (χ2n) is 5.65. The highest BCUT2D eigenvalue weighted by Gasteiger charge is 2.15. The third kappa shape index (κ3) is 10.2. The lowest BCUT2D eigenvalue weighted by Crippen LogP contribution is -2.45. The van der Waals surface area contributed by atoms with Crippen LogP contribution in [0.5, 0.6) is 0 Å². The van der Waals surface area contributed by atoms with Crippen LogP contribution in [0.2, 0.25) is 0 Å². The normalized spacial score (nSPS) is 12.4. The van der Waals surface area contributed by atoms with Crippen molar-refractivity contribution < 1.29 is 19.5 Å². The van der Waals surface area contributed by atoms with Gasteiger partial charge < -0.3 is 21.1 Å². The van der Waals surface area contributed by atoms with Crippen molar-refractivity contribution >= 4 is 17.9 Å². The molecule has 0 bridgehead atoms. The van der Waals surface area contributed by atoms with Crippen LogP contribution >= 0.6 is 0 Å². The van der Waals surface area contributed by atoms with Gasteiger partial charge in [0.1, 0.15) is 0 Å². The number of carbonyl (C=O) groups excluding carboxylic acids is 2. The van der Waals surface area contributed by atoms with E-state index in [0.29, 0.717) is 6.42 Å². The molecule has 20 heavy (non-hydrogen) atoms. The van der Waals surface area contributed by atoms with Gasteiger partial charge in [-0.1, -0.05) is 6.92 Å². The minimum atomic E-state index is -0.957. The van der Waals surface area contributed by atoms with E-state index in [4.69, 9.17) is 5.11 Å². The molecular weight excluding hydrogens is 262 g/mol. The van der Waals surface area contributed by atoms with E-state index < -0.39 is 18.0 Å². The number of carboxylic acid groups (broad SMARTS) is 1. The van der Waals surface area contributed by atoms with E-state index in [1.54, 1.807) is 6.92 Å². The van der Waals surface area contributed by atoms with Crippen molar-refractivity contribution in [2.75, 3.05) is 6.54 Å². The third-order valence-corrected chi connectivity index (χ3v) is 2.40. The van der Waals surface area contributed by atoms with Crippen LogP contribution in [0.15, 0.2) is 0 Å². The van der Waals surface area contributed by atoms with E-state index in [2.05, 4.69) is 16.0 Å². The first-order valence-corrected chi connectivity index (χ1v) is 6.71. The zero-order valence-corrected chi connectivity index (χ0v) is 12.6. The van der Waals surface area contributed by atoms with Crippen LogP contribution < -0.4 is 16.0 Å². The molecule has 1 atom stereocenters. The predicted molar refractivity (Wildman–Crippen MR) is 75.4 cm³/mol. The molecule has 0 aromatic heterocycles. The lowest BCUT2D eigenvalue weighted by Gasteiger charge is -2.20. The summed E-state index contributed by atoms with van der Waals surface area (Å²) in [6, 6.07) is -0.863. The Morgan fingerprint density at radius 1 is 1.20 bits per heavy atom. The van der Waals surface area contributed by atoms with Gasteiger partial charge in [-0.3, -0.25) is 9.59 Å². The van der Waals surface area contributed by atoms with E-state index in [9.17, 15) is 14.4 Å². The Bertz CT molecular complexity index is 350.